The van der Waals surface area contributed by atoms with Gasteiger partial charge in [-0.05, 0) is 43.5 Å². The average molecular weight is 372 g/mol. The summed E-state index contributed by atoms with van der Waals surface area (Å²) < 4.78 is 5.35. The smallest absolute Gasteiger partial charge is 0.273 e. The number of likely N-dealkylation sites (tertiary alicyclic amines) is 2. The summed E-state index contributed by atoms with van der Waals surface area (Å²) in [6.45, 7) is 4.84. The monoisotopic (exact) mass is 371 g/mol. The number of hydrogen-bond acceptors (Lipinski definition) is 5. The summed E-state index contributed by atoms with van der Waals surface area (Å²) in [5.74, 6) is 1.00. The van der Waals surface area contributed by atoms with E-state index in [1.54, 1.807) is 12.6 Å². The molecule has 5 nitrogen and oxygen atoms in total. The molecule has 0 radical (unpaired) electrons. The third-order valence-corrected chi connectivity index (χ3v) is 6.24. The number of aromatic nitrogens is 1. The van der Waals surface area contributed by atoms with E-state index in [4.69, 9.17) is 4.74 Å². The van der Waals surface area contributed by atoms with Crippen LogP contribution in [-0.2, 0) is 6.54 Å². The van der Waals surface area contributed by atoms with Crippen molar-refractivity contribution in [3.8, 4) is 5.75 Å². The summed E-state index contributed by atoms with van der Waals surface area (Å²) in [6.07, 6.45) is 3.50. The van der Waals surface area contributed by atoms with Crippen LogP contribution < -0.4 is 4.74 Å². The number of thiazole rings is 1. The van der Waals surface area contributed by atoms with Gasteiger partial charge >= 0.3 is 0 Å². The first kappa shape index (κ1) is 17.5. The Bertz CT molecular complexity index is 764. The lowest BCUT2D eigenvalue weighted by atomic mass is 9.79. The summed E-state index contributed by atoms with van der Waals surface area (Å²) >= 11 is 1.48. The number of rotatable bonds is 4. The van der Waals surface area contributed by atoms with Crippen LogP contribution in [0.4, 0.5) is 0 Å². The molecule has 0 aliphatic carbocycles. The third kappa shape index (κ3) is 3.62. The van der Waals surface area contributed by atoms with Gasteiger partial charge in [-0.2, -0.15) is 0 Å². The van der Waals surface area contributed by atoms with Crippen LogP contribution in [0.1, 0.15) is 35.3 Å². The number of amides is 1. The van der Waals surface area contributed by atoms with Gasteiger partial charge in [0.05, 0.1) is 12.6 Å². The molecule has 138 valence electrons. The Morgan fingerprint density at radius 2 is 2.23 bits per heavy atom. The van der Waals surface area contributed by atoms with Crippen molar-refractivity contribution < 1.29 is 9.53 Å². The molecule has 2 aliphatic heterocycles. The topological polar surface area (TPSA) is 45.7 Å². The highest BCUT2D eigenvalue weighted by Gasteiger charge is 2.43. The molecule has 2 saturated heterocycles. The van der Waals surface area contributed by atoms with E-state index in [2.05, 4.69) is 28.1 Å². The Hall–Kier alpha value is -1.92. The highest BCUT2D eigenvalue weighted by atomic mass is 32.1. The van der Waals surface area contributed by atoms with Crippen LogP contribution >= 0.6 is 11.3 Å². The van der Waals surface area contributed by atoms with Gasteiger partial charge in [0.25, 0.3) is 5.91 Å². The van der Waals surface area contributed by atoms with Crippen molar-refractivity contribution in [2.24, 2.45) is 5.41 Å². The van der Waals surface area contributed by atoms with E-state index in [0.717, 1.165) is 44.9 Å². The molecule has 2 aromatic rings. The van der Waals surface area contributed by atoms with Crippen LogP contribution in [0.3, 0.4) is 0 Å². The van der Waals surface area contributed by atoms with Crippen molar-refractivity contribution in [1.29, 1.82) is 0 Å². The second-order valence-electron chi connectivity index (χ2n) is 7.52. The SMILES string of the molecule is COc1cccc(CN2CCC[C@]3(CCN(C(=O)c4cscn4)C3)C2)c1. The molecular formula is C20H25N3O2S. The second kappa shape index (κ2) is 7.37. The van der Waals surface area contributed by atoms with Crippen molar-refractivity contribution in [2.75, 3.05) is 33.3 Å². The maximum absolute atomic E-state index is 12.6. The fourth-order valence-corrected chi connectivity index (χ4v) is 4.92. The van der Waals surface area contributed by atoms with Gasteiger partial charge in [-0.3, -0.25) is 9.69 Å². The molecule has 6 heteroatoms. The van der Waals surface area contributed by atoms with Gasteiger partial charge in [-0.15, -0.1) is 11.3 Å². The molecule has 26 heavy (non-hydrogen) atoms. The molecule has 3 heterocycles. The number of piperidine rings is 1. The lowest BCUT2D eigenvalue weighted by molar-refractivity contribution is 0.0671. The van der Waals surface area contributed by atoms with Gasteiger partial charge in [0.1, 0.15) is 11.4 Å². The standard InChI is InChI=1S/C20H25N3O2S/c1-25-17-5-2-4-16(10-17)11-22-8-3-6-20(13-22)7-9-23(14-20)19(24)18-12-26-15-21-18/h2,4-5,10,12,15H,3,6-9,11,13-14H2,1H3/t20-/m0/s1. The van der Waals surface area contributed by atoms with Crippen molar-refractivity contribution >= 4 is 17.2 Å². The summed E-state index contributed by atoms with van der Waals surface area (Å²) in [6, 6.07) is 8.32. The predicted molar refractivity (Wildman–Crippen MR) is 103 cm³/mol. The minimum absolute atomic E-state index is 0.0908. The number of carbonyl (C=O) groups is 1. The van der Waals surface area contributed by atoms with Gasteiger partial charge in [0, 0.05) is 37.0 Å². The normalized spacial score (nSPS) is 23.5. The largest absolute Gasteiger partial charge is 0.497 e. The maximum atomic E-state index is 12.6. The second-order valence-corrected chi connectivity index (χ2v) is 8.23. The summed E-state index contributed by atoms with van der Waals surface area (Å²) in [7, 11) is 1.71. The molecule has 0 N–H and O–H groups in total. The van der Waals surface area contributed by atoms with Gasteiger partial charge in [0.2, 0.25) is 0 Å². The molecule has 0 unspecified atom stereocenters. The Morgan fingerprint density at radius 1 is 1.31 bits per heavy atom. The van der Waals surface area contributed by atoms with Gasteiger partial charge in [0.15, 0.2) is 0 Å². The zero-order valence-electron chi connectivity index (χ0n) is 15.2. The van der Waals surface area contributed by atoms with Gasteiger partial charge in [-0.25, -0.2) is 4.98 Å². The van der Waals surface area contributed by atoms with E-state index in [0.29, 0.717) is 5.69 Å². The summed E-state index contributed by atoms with van der Waals surface area (Å²) in [4.78, 5) is 21.3. The zero-order valence-corrected chi connectivity index (χ0v) is 16.0. The average Bonchev–Trinajstić information content (AvgIpc) is 3.32. The molecule has 2 aliphatic rings. The first-order chi connectivity index (χ1) is 12.7. The number of carbonyl (C=O) groups excluding carboxylic acids is 1. The Labute approximate surface area is 158 Å². The number of hydrogen-bond donors (Lipinski definition) is 0. The lowest BCUT2D eigenvalue weighted by Crippen LogP contribution is -2.45. The number of ether oxygens (including phenoxy) is 1. The molecule has 1 amide bonds. The Kier molecular flexibility index (Phi) is 4.96. The molecule has 0 bridgehead atoms. The van der Waals surface area contributed by atoms with E-state index in [1.807, 2.05) is 16.3 Å². The van der Waals surface area contributed by atoms with E-state index < -0.39 is 0 Å². The molecule has 0 saturated carbocycles. The quantitative estimate of drug-likeness (QED) is 0.827. The third-order valence-electron chi connectivity index (χ3n) is 5.66. The molecule has 1 spiro atoms. The van der Waals surface area contributed by atoms with Crippen LogP contribution in [-0.4, -0.2) is 54.0 Å². The highest BCUT2D eigenvalue weighted by Crippen LogP contribution is 2.39. The predicted octanol–water partition coefficient (Wildman–Crippen LogP) is 3.28. The van der Waals surface area contributed by atoms with Crippen LogP contribution in [0.25, 0.3) is 0 Å². The van der Waals surface area contributed by atoms with E-state index >= 15 is 0 Å². The zero-order chi connectivity index (χ0) is 18.0. The molecule has 1 aromatic carbocycles. The first-order valence-electron chi connectivity index (χ1n) is 9.20. The van der Waals surface area contributed by atoms with E-state index in [-0.39, 0.29) is 11.3 Å². The fraction of sp³-hybridized carbons (Fsp3) is 0.500. The van der Waals surface area contributed by atoms with Crippen LogP contribution in [0.5, 0.6) is 5.75 Å². The maximum Gasteiger partial charge on any atom is 0.273 e. The van der Waals surface area contributed by atoms with Crippen LogP contribution in [0, 0.1) is 5.41 Å². The number of benzene rings is 1. The van der Waals surface area contributed by atoms with Crippen molar-refractivity contribution in [2.45, 2.75) is 25.8 Å². The van der Waals surface area contributed by atoms with E-state index in [9.17, 15) is 4.79 Å². The van der Waals surface area contributed by atoms with Crippen LogP contribution in [0.15, 0.2) is 35.2 Å². The summed E-state index contributed by atoms with van der Waals surface area (Å²) in [5.41, 5.74) is 3.85. The lowest BCUT2D eigenvalue weighted by Gasteiger charge is -2.40. The summed E-state index contributed by atoms with van der Waals surface area (Å²) in [5, 5.41) is 1.85. The Morgan fingerprint density at radius 3 is 3.04 bits per heavy atom. The van der Waals surface area contributed by atoms with E-state index in [1.165, 1.54) is 29.7 Å². The van der Waals surface area contributed by atoms with Gasteiger partial charge in [-0.1, -0.05) is 12.1 Å². The molecular weight excluding hydrogens is 346 g/mol. The minimum Gasteiger partial charge on any atom is -0.497 e. The molecule has 2 fully saturated rings. The molecule has 1 aromatic heterocycles. The Balaban J connectivity index is 1.41. The van der Waals surface area contributed by atoms with Crippen LogP contribution in [0.2, 0.25) is 0 Å². The van der Waals surface area contributed by atoms with Crippen molar-refractivity contribution in [1.82, 2.24) is 14.8 Å². The number of methoxy groups -OCH3 is 1. The molecule has 1 atom stereocenters. The molecule has 4 rings (SSSR count). The van der Waals surface area contributed by atoms with Crippen molar-refractivity contribution in [3.05, 3.63) is 46.4 Å². The van der Waals surface area contributed by atoms with Crippen molar-refractivity contribution in [3.63, 3.8) is 0 Å². The van der Waals surface area contributed by atoms with Gasteiger partial charge < -0.3 is 9.64 Å². The highest BCUT2D eigenvalue weighted by molar-refractivity contribution is 7.07. The minimum atomic E-state index is 0.0908. The fourth-order valence-electron chi connectivity index (χ4n) is 4.40. The first-order valence-corrected chi connectivity index (χ1v) is 10.1. The number of nitrogens with zero attached hydrogens (tertiary/aromatic N) is 3.